The quantitative estimate of drug-likeness (QED) is 0.285. The maximum Gasteiger partial charge on any atom is 1.00 e. The first-order valence-electron chi connectivity index (χ1n) is 2.46. The van der Waals surface area contributed by atoms with Crippen molar-refractivity contribution in [2.75, 3.05) is 0 Å². The molecule has 0 heterocycles. The van der Waals surface area contributed by atoms with E-state index in [2.05, 4.69) is 12.6 Å². The van der Waals surface area contributed by atoms with Gasteiger partial charge in [0, 0.05) is 0 Å². The first-order valence-corrected chi connectivity index (χ1v) is 2.97. The van der Waals surface area contributed by atoms with Crippen molar-refractivity contribution in [3.05, 3.63) is 41.6 Å². The molecular formula is C7H7LiS. The van der Waals surface area contributed by atoms with Gasteiger partial charge in [0.15, 0.2) is 0 Å². The standard InChI is InChI=1S/C7H7S.Li/c8-6-7-4-2-1-3-5-7;/h1-6,8H;/q-1;+1. The van der Waals surface area contributed by atoms with Crippen LogP contribution in [0.25, 0.3) is 0 Å². The van der Waals surface area contributed by atoms with Crippen LogP contribution in [0.15, 0.2) is 30.3 Å². The Morgan fingerprint density at radius 3 is 2.00 bits per heavy atom. The summed E-state index contributed by atoms with van der Waals surface area (Å²) in [6.45, 7) is 0. The maximum absolute atomic E-state index is 3.99. The Hall–Kier alpha value is 0.0374. The molecule has 0 saturated heterocycles. The molecule has 0 aliphatic heterocycles. The predicted molar refractivity (Wildman–Crippen MR) is 38.8 cm³/mol. The zero-order valence-corrected chi connectivity index (χ0v) is 6.31. The molecule has 0 saturated carbocycles. The van der Waals surface area contributed by atoms with Crippen LogP contribution in [0.5, 0.6) is 0 Å². The van der Waals surface area contributed by atoms with Gasteiger partial charge in [-0.15, -0.1) is 17.9 Å². The Bertz CT molecular complexity index is 150. The molecule has 9 heavy (non-hydrogen) atoms. The van der Waals surface area contributed by atoms with Crippen molar-refractivity contribution in [3.8, 4) is 0 Å². The molecule has 0 aliphatic rings. The molecule has 1 aromatic rings. The van der Waals surface area contributed by atoms with Gasteiger partial charge in [-0.3, -0.25) is 0 Å². The topological polar surface area (TPSA) is 0 Å². The molecule has 0 nitrogen and oxygen atoms in total. The van der Waals surface area contributed by atoms with Crippen molar-refractivity contribution >= 4 is 12.6 Å². The second-order valence-electron chi connectivity index (χ2n) is 1.54. The van der Waals surface area contributed by atoms with Crippen molar-refractivity contribution in [3.63, 3.8) is 0 Å². The van der Waals surface area contributed by atoms with Crippen molar-refractivity contribution in [2.24, 2.45) is 0 Å². The van der Waals surface area contributed by atoms with Gasteiger partial charge in [0.25, 0.3) is 0 Å². The molecule has 0 atom stereocenters. The van der Waals surface area contributed by atoms with Gasteiger partial charge < -0.3 is 0 Å². The van der Waals surface area contributed by atoms with Crippen LogP contribution in [-0.4, -0.2) is 0 Å². The third kappa shape index (κ3) is 2.91. The van der Waals surface area contributed by atoms with Crippen LogP contribution in [0.2, 0.25) is 0 Å². The predicted octanol–water partition coefficient (Wildman–Crippen LogP) is -0.870. The summed E-state index contributed by atoms with van der Waals surface area (Å²) in [5, 5.41) is 0. The Balaban J connectivity index is 0.000000640. The van der Waals surface area contributed by atoms with Crippen LogP contribution in [-0.2, 0) is 0 Å². The molecule has 0 aromatic heterocycles. The summed E-state index contributed by atoms with van der Waals surface area (Å²) < 4.78 is 0. The van der Waals surface area contributed by atoms with E-state index in [1.54, 1.807) is 5.75 Å². The van der Waals surface area contributed by atoms with Gasteiger partial charge in [-0.05, 0) is 0 Å². The fraction of sp³-hybridized carbons (Fsp3) is 0. The van der Waals surface area contributed by atoms with Crippen LogP contribution < -0.4 is 18.9 Å². The van der Waals surface area contributed by atoms with E-state index in [-0.39, 0.29) is 18.9 Å². The molecule has 2 heteroatoms. The number of hydrogen-bond acceptors (Lipinski definition) is 1. The van der Waals surface area contributed by atoms with Gasteiger partial charge >= 0.3 is 18.9 Å². The second-order valence-corrected chi connectivity index (χ2v) is 1.80. The monoisotopic (exact) mass is 130 g/mol. The summed E-state index contributed by atoms with van der Waals surface area (Å²) >= 11 is 3.99. The fourth-order valence-electron chi connectivity index (χ4n) is 0.539. The summed E-state index contributed by atoms with van der Waals surface area (Å²) in [5.41, 5.74) is 1.15. The van der Waals surface area contributed by atoms with Crippen molar-refractivity contribution in [1.82, 2.24) is 0 Å². The average molecular weight is 130 g/mol. The van der Waals surface area contributed by atoms with E-state index >= 15 is 0 Å². The van der Waals surface area contributed by atoms with E-state index < -0.39 is 0 Å². The summed E-state index contributed by atoms with van der Waals surface area (Å²) in [4.78, 5) is 0. The second kappa shape index (κ2) is 4.87. The molecule has 0 amide bonds. The van der Waals surface area contributed by atoms with E-state index in [0.717, 1.165) is 5.56 Å². The van der Waals surface area contributed by atoms with Gasteiger partial charge in [0.2, 0.25) is 0 Å². The largest absolute Gasteiger partial charge is 1.00 e. The minimum atomic E-state index is 0. The molecule has 1 aromatic carbocycles. The molecule has 0 bridgehead atoms. The first-order chi connectivity index (χ1) is 3.93. The molecule has 0 aliphatic carbocycles. The fourth-order valence-corrected chi connectivity index (χ4v) is 0.711. The summed E-state index contributed by atoms with van der Waals surface area (Å²) in [6.07, 6.45) is 0. The van der Waals surface area contributed by atoms with Crippen molar-refractivity contribution in [1.29, 1.82) is 0 Å². The summed E-state index contributed by atoms with van der Waals surface area (Å²) in [5.74, 6) is 1.78. The van der Waals surface area contributed by atoms with Crippen LogP contribution >= 0.6 is 12.6 Å². The van der Waals surface area contributed by atoms with Crippen LogP contribution in [0, 0.1) is 5.75 Å². The van der Waals surface area contributed by atoms with Crippen molar-refractivity contribution in [2.45, 2.75) is 0 Å². The van der Waals surface area contributed by atoms with Gasteiger partial charge in [-0.25, -0.2) is 12.6 Å². The molecule has 42 valence electrons. The van der Waals surface area contributed by atoms with E-state index in [4.69, 9.17) is 0 Å². The minimum absolute atomic E-state index is 0. The van der Waals surface area contributed by atoms with Gasteiger partial charge in [0.05, 0.1) is 0 Å². The molecule has 0 unspecified atom stereocenters. The summed E-state index contributed by atoms with van der Waals surface area (Å²) in [7, 11) is 0. The van der Waals surface area contributed by atoms with Crippen LogP contribution in [0.4, 0.5) is 0 Å². The third-order valence-corrected chi connectivity index (χ3v) is 1.25. The number of benzene rings is 1. The van der Waals surface area contributed by atoms with E-state index in [9.17, 15) is 0 Å². The van der Waals surface area contributed by atoms with Crippen LogP contribution in [0.1, 0.15) is 5.56 Å². The average Bonchev–Trinajstić information content (AvgIpc) is 1.90. The van der Waals surface area contributed by atoms with Gasteiger partial charge in [-0.2, -0.15) is 17.7 Å². The van der Waals surface area contributed by atoms with Gasteiger partial charge in [0.1, 0.15) is 0 Å². The Labute approximate surface area is 73.2 Å². The SMILES string of the molecule is S[CH-]c1ccccc1.[Li+]. The number of rotatable bonds is 1. The Morgan fingerprint density at radius 1 is 1.11 bits per heavy atom. The van der Waals surface area contributed by atoms with Crippen LogP contribution in [0.3, 0.4) is 0 Å². The number of thiol groups is 1. The first kappa shape index (κ1) is 9.04. The minimum Gasteiger partial charge on any atom is -0.220 e. The Morgan fingerprint density at radius 2 is 1.67 bits per heavy atom. The molecule has 0 fully saturated rings. The molecular weight excluding hydrogens is 123 g/mol. The van der Waals surface area contributed by atoms with E-state index in [0.29, 0.717) is 0 Å². The Kier molecular flexibility index (Phi) is 4.89. The molecule has 0 spiro atoms. The van der Waals surface area contributed by atoms with E-state index in [1.807, 2.05) is 30.3 Å². The molecule has 1 rings (SSSR count). The third-order valence-electron chi connectivity index (χ3n) is 0.949. The normalized spacial score (nSPS) is 7.67. The van der Waals surface area contributed by atoms with Gasteiger partial charge in [-0.1, -0.05) is 6.07 Å². The smallest absolute Gasteiger partial charge is 0.220 e. The zero-order valence-electron chi connectivity index (χ0n) is 5.41. The maximum atomic E-state index is 3.99. The number of hydrogen-bond donors (Lipinski definition) is 1. The van der Waals surface area contributed by atoms with Crippen molar-refractivity contribution < 1.29 is 18.9 Å². The zero-order chi connectivity index (χ0) is 5.82. The van der Waals surface area contributed by atoms with E-state index in [1.165, 1.54) is 0 Å². The molecule has 0 radical (unpaired) electrons. The summed E-state index contributed by atoms with van der Waals surface area (Å²) in [6, 6.07) is 9.98. The molecule has 0 N–H and O–H groups in total.